The third kappa shape index (κ3) is 3.01. The van der Waals surface area contributed by atoms with Gasteiger partial charge in [-0.05, 0) is 39.0 Å². The topological polar surface area (TPSA) is 46.5 Å². The molecule has 100 valence electrons. The van der Waals surface area contributed by atoms with E-state index in [-0.39, 0.29) is 18.0 Å². The first-order chi connectivity index (χ1) is 7.73. The van der Waals surface area contributed by atoms with E-state index in [2.05, 4.69) is 13.8 Å². The molecule has 0 radical (unpaired) electrons. The van der Waals surface area contributed by atoms with Crippen LogP contribution in [0.3, 0.4) is 0 Å². The van der Waals surface area contributed by atoms with Gasteiger partial charge in [0.15, 0.2) is 0 Å². The van der Waals surface area contributed by atoms with Crippen molar-refractivity contribution >= 4 is 5.97 Å². The van der Waals surface area contributed by atoms with Crippen LogP contribution in [0.2, 0.25) is 0 Å². The molecule has 0 amide bonds. The van der Waals surface area contributed by atoms with Crippen molar-refractivity contribution in [2.75, 3.05) is 0 Å². The summed E-state index contributed by atoms with van der Waals surface area (Å²) in [6.07, 6.45) is 2.53. The largest absolute Gasteiger partial charge is 0.458 e. The van der Waals surface area contributed by atoms with Gasteiger partial charge in [0.2, 0.25) is 0 Å². The van der Waals surface area contributed by atoms with Crippen LogP contribution in [0.5, 0.6) is 0 Å². The van der Waals surface area contributed by atoms with E-state index >= 15 is 0 Å². The zero-order valence-electron chi connectivity index (χ0n) is 11.7. The van der Waals surface area contributed by atoms with Crippen LogP contribution in [-0.4, -0.2) is 22.8 Å². The SMILES string of the molecule is CCC(C)(C)C(=O)OC1(C(C)C)CCC(O)C1. The van der Waals surface area contributed by atoms with Gasteiger partial charge in [-0.1, -0.05) is 20.8 Å². The van der Waals surface area contributed by atoms with Gasteiger partial charge in [-0.15, -0.1) is 0 Å². The standard InChI is InChI=1S/C14H26O3/c1-6-13(4,5)12(16)17-14(10(2)3)8-7-11(15)9-14/h10-11,15H,6-9H2,1-5H3. The number of carbonyl (C=O) groups excluding carboxylic acids is 1. The zero-order valence-corrected chi connectivity index (χ0v) is 11.7. The lowest BCUT2D eigenvalue weighted by Gasteiger charge is -2.36. The molecule has 0 spiro atoms. The molecule has 0 aliphatic heterocycles. The predicted molar refractivity (Wildman–Crippen MR) is 67.6 cm³/mol. The van der Waals surface area contributed by atoms with Gasteiger partial charge >= 0.3 is 5.97 Å². The van der Waals surface area contributed by atoms with Crippen molar-refractivity contribution in [2.45, 2.75) is 72.0 Å². The molecule has 1 N–H and O–H groups in total. The highest BCUT2D eigenvalue weighted by molar-refractivity contribution is 5.76. The van der Waals surface area contributed by atoms with Crippen molar-refractivity contribution in [3.63, 3.8) is 0 Å². The fourth-order valence-electron chi connectivity index (χ4n) is 2.22. The summed E-state index contributed by atoms with van der Waals surface area (Å²) in [6.45, 7) is 9.94. The molecule has 2 atom stereocenters. The van der Waals surface area contributed by atoms with Gasteiger partial charge in [0.05, 0.1) is 11.5 Å². The van der Waals surface area contributed by atoms with Gasteiger partial charge in [0, 0.05) is 6.42 Å². The Balaban J connectivity index is 2.79. The third-order valence-corrected chi connectivity index (χ3v) is 4.27. The summed E-state index contributed by atoms with van der Waals surface area (Å²) in [5, 5.41) is 9.70. The zero-order chi connectivity index (χ0) is 13.3. The minimum Gasteiger partial charge on any atom is -0.458 e. The molecule has 0 saturated heterocycles. The van der Waals surface area contributed by atoms with Crippen LogP contribution in [0.25, 0.3) is 0 Å². The molecule has 0 aromatic carbocycles. The summed E-state index contributed by atoms with van der Waals surface area (Å²) in [6, 6.07) is 0. The van der Waals surface area contributed by atoms with Gasteiger partial charge in [-0.2, -0.15) is 0 Å². The lowest BCUT2D eigenvalue weighted by molar-refractivity contribution is -0.176. The summed E-state index contributed by atoms with van der Waals surface area (Å²) >= 11 is 0. The summed E-state index contributed by atoms with van der Waals surface area (Å²) in [7, 11) is 0. The Morgan fingerprint density at radius 2 is 2.12 bits per heavy atom. The first kappa shape index (κ1) is 14.5. The molecule has 0 heterocycles. The van der Waals surface area contributed by atoms with E-state index in [9.17, 15) is 9.90 Å². The van der Waals surface area contributed by atoms with E-state index in [4.69, 9.17) is 4.74 Å². The van der Waals surface area contributed by atoms with E-state index in [1.807, 2.05) is 20.8 Å². The van der Waals surface area contributed by atoms with Crippen LogP contribution in [0.15, 0.2) is 0 Å². The van der Waals surface area contributed by atoms with Crippen LogP contribution in [0.4, 0.5) is 0 Å². The Hall–Kier alpha value is -0.570. The minimum absolute atomic E-state index is 0.136. The maximum atomic E-state index is 12.2. The number of hydrogen-bond acceptors (Lipinski definition) is 3. The van der Waals surface area contributed by atoms with Gasteiger partial charge in [0.25, 0.3) is 0 Å². The maximum Gasteiger partial charge on any atom is 0.312 e. The van der Waals surface area contributed by atoms with Gasteiger partial charge < -0.3 is 9.84 Å². The quantitative estimate of drug-likeness (QED) is 0.771. The molecule has 1 saturated carbocycles. The molecule has 3 nitrogen and oxygen atoms in total. The molecule has 1 fully saturated rings. The number of ether oxygens (including phenoxy) is 1. The van der Waals surface area contributed by atoms with Gasteiger partial charge in [-0.25, -0.2) is 0 Å². The average molecular weight is 242 g/mol. The highest BCUT2D eigenvalue weighted by Crippen LogP contribution is 2.41. The fraction of sp³-hybridized carbons (Fsp3) is 0.929. The highest BCUT2D eigenvalue weighted by Gasteiger charge is 2.46. The summed E-state index contributed by atoms with van der Waals surface area (Å²) in [4.78, 5) is 12.2. The molecule has 0 bridgehead atoms. The molecular formula is C14H26O3. The van der Waals surface area contributed by atoms with Crippen LogP contribution >= 0.6 is 0 Å². The van der Waals surface area contributed by atoms with E-state index in [1.165, 1.54) is 0 Å². The predicted octanol–water partition coefficient (Wildman–Crippen LogP) is 2.91. The number of aliphatic hydroxyl groups is 1. The number of hydrogen-bond donors (Lipinski definition) is 1. The van der Waals surface area contributed by atoms with Crippen LogP contribution in [-0.2, 0) is 9.53 Å². The number of rotatable bonds is 4. The fourth-order valence-corrected chi connectivity index (χ4v) is 2.22. The molecule has 0 aromatic heterocycles. The van der Waals surface area contributed by atoms with Crippen molar-refractivity contribution in [1.29, 1.82) is 0 Å². The monoisotopic (exact) mass is 242 g/mol. The Kier molecular flexibility index (Phi) is 4.23. The molecule has 1 aliphatic rings. The van der Waals surface area contributed by atoms with Crippen molar-refractivity contribution in [3.8, 4) is 0 Å². The van der Waals surface area contributed by atoms with Crippen LogP contribution in [0, 0.1) is 11.3 Å². The number of esters is 1. The molecule has 17 heavy (non-hydrogen) atoms. The van der Waals surface area contributed by atoms with Gasteiger partial charge in [-0.3, -0.25) is 4.79 Å². The Morgan fingerprint density at radius 1 is 1.53 bits per heavy atom. The Morgan fingerprint density at radius 3 is 2.47 bits per heavy atom. The van der Waals surface area contributed by atoms with E-state index in [0.717, 1.165) is 19.3 Å². The Labute approximate surface area is 105 Å². The summed E-state index contributed by atoms with van der Waals surface area (Å²) in [5.41, 5.74) is -0.891. The van der Waals surface area contributed by atoms with Crippen LogP contribution < -0.4 is 0 Å². The van der Waals surface area contributed by atoms with Crippen molar-refractivity contribution in [1.82, 2.24) is 0 Å². The van der Waals surface area contributed by atoms with Crippen molar-refractivity contribution < 1.29 is 14.6 Å². The summed E-state index contributed by atoms with van der Waals surface area (Å²) < 4.78 is 5.79. The first-order valence-corrected chi connectivity index (χ1v) is 6.65. The smallest absolute Gasteiger partial charge is 0.312 e. The number of aliphatic hydroxyl groups excluding tert-OH is 1. The normalized spacial score (nSPS) is 29.7. The molecule has 3 heteroatoms. The van der Waals surface area contributed by atoms with E-state index in [0.29, 0.717) is 6.42 Å². The lowest BCUT2D eigenvalue weighted by Crippen LogP contribution is -2.42. The molecular weight excluding hydrogens is 216 g/mol. The van der Waals surface area contributed by atoms with Gasteiger partial charge in [0.1, 0.15) is 5.60 Å². The number of carbonyl (C=O) groups is 1. The highest BCUT2D eigenvalue weighted by atomic mass is 16.6. The molecule has 1 aliphatic carbocycles. The summed E-state index contributed by atoms with van der Waals surface area (Å²) in [5.74, 6) is 0.110. The molecule has 1 rings (SSSR count). The lowest BCUT2D eigenvalue weighted by atomic mass is 9.86. The van der Waals surface area contributed by atoms with Crippen molar-refractivity contribution in [3.05, 3.63) is 0 Å². The van der Waals surface area contributed by atoms with E-state index < -0.39 is 11.0 Å². The Bertz CT molecular complexity index is 283. The first-order valence-electron chi connectivity index (χ1n) is 6.65. The molecule has 0 aromatic rings. The second kappa shape index (κ2) is 4.97. The maximum absolute atomic E-state index is 12.2. The second-order valence-electron chi connectivity index (χ2n) is 6.24. The van der Waals surface area contributed by atoms with E-state index in [1.54, 1.807) is 0 Å². The molecule has 2 unspecified atom stereocenters. The average Bonchev–Trinajstić information content (AvgIpc) is 2.61. The third-order valence-electron chi connectivity index (χ3n) is 4.27. The van der Waals surface area contributed by atoms with Crippen molar-refractivity contribution in [2.24, 2.45) is 11.3 Å². The minimum atomic E-state index is -0.455. The van der Waals surface area contributed by atoms with Crippen LogP contribution in [0.1, 0.15) is 60.3 Å². The second-order valence-corrected chi connectivity index (χ2v) is 6.24.